The van der Waals surface area contributed by atoms with Crippen molar-refractivity contribution in [3.05, 3.63) is 45.8 Å². The molecule has 3 heterocycles. The van der Waals surface area contributed by atoms with Crippen molar-refractivity contribution in [3.63, 3.8) is 0 Å². The maximum absolute atomic E-state index is 12.2. The molecule has 146 valence electrons. The lowest BCUT2D eigenvalue weighted by Gasteiger charge is -2.07. The molecule has 0 saturated carbocycles. The minimum absolute atomic E-state index is 0.0166. The summed E-state index contributed by atoms with van der Waals surface area (Å²) < 4.78 is 5.02. The van der Waals surface area contributed by atoms with Gasteiger partial charge in [0.25, 0.3) is 11.8 Å². The molecule has 0 aliphatic rings. The van der Waals surface area contributed by atoms with E-state index in [4.69, 9.17) is 4.42 Å². The first-order valence-corrected chi connectivity index (χ1v) is 9.81. The van der Waals surface area contributed by atoms with Crippen molar-refractivity contribution in [2.24, 2.45) is 0 Å². The van der Waals surface area contributed by atoms with Crippen LogP contribution in [0.3, 0.4) is 0 Å². The molecular weight excluding hydrogens is 402 g/mol. The van der Waals surface area contributed by atoms with Crippen LogP contribution in [-0.4, -0.2) is 46.7 Å². The average molecular weight is 419 g/mol. The number of furan rings is 1. The highest BCUT2D eigenvalue weighted by molar-refractivity contribution is 7.17. The quantitative estimate of drug-likeness (QED) is 0.634. The molecule has 28 heavy (non-hydrogen) atoms. The molecule has 0 aliphatic heterocycles. The number of hydrogen-bond donors (Lipinski definition) is 2. The van der Waals surface area contributed by atoms with Crippen molar-refractivity contribution in [1.29, 1.82) is 0 Å². The third-order valence-corrected chi connectivity index (χ3v) is 5.37. The number of nitrogens with zero attached hydrogens (tertiary/aromatic N) is 3. The smallest absolute Gasteiger partial charge is 0.293 e. The summed E-state index contributed by atoms with van der Waals surface area (Å²) in [4.78, 5) is 46.6. The van der Waals surface area contributed by atoms with E-state index in [2.05, 4.69) is 20.6 Å². The Morgan fingerprint density at radius 1 is 1.18 bits per heavy atom. The number of amides is 3. The molecule has 0 saturated heterocycles. The molecule has 2 N–H and O–H groups in total. The van der Waals surface area contributed by atoms with Crippen LogP contribution in [-0.2, 0) is 11.2 Å². The van der Waals surface area contributed by atoms with Gasteiger partial charge in [-0.25, -0.2) is 9.97 Å². The third-order valence-electron chi connectivity index (χ3n) is 3.50. The Bertz CT molecular complexity index is 1010. The van der Waals surface area contributed by atoms with Gasteiger partial charge in [-0.3, -0.25) is 19.7 Å². The summed E-state index contributed by atoms with van der Waals surface area (Å²) >= 11 is 2.34. The monoisotopic (exact) mass is 419 g/mol. The number of aryl methyl sites for hydroxylation is 1. The number of nitrogens with one attached hydrogen (secondary N) is 2. The van der Waals surface area contributed by atoms with E-state index in [1.165, 1.54) is 22.5 Å². The van der Waals surface area contributed by atoms with Gasteiger partial charge >= 0.3 is 0 Å². The second kappa shape index (κ2) is 8.31. The van der Waals surface area contributed by atoms with Crippen molar-refractivity contribution < 1.29 is 18.8 Å². The van der Waals surface area contributed by atoms with E-state index < -0.39 is 5.91 Å². The second-order valence-corrected chi connectivity index (χ2v) is 7.79. The lowest BCUT2D eigenvalue weighted by Crippen LogP contribution is -2.21. The SMILES string of the molecule is Cc1nc(NC(=O)Cc2csc(NC(=O)c3ccco3)n2)sc1C(=O)N(C)C. The largest absolute Gasteiger partial charge is 0.459 e. The topological polar surface area (TPSA) is 117 Å². The normalized spacial score (nSPS) is 10.5. The van der Waals surface area contributed by atoms with Gasteiger partial charge in [-0.2, -0.15) is 0 Å². The van der Waals surface area contributed by atoms with E-state index in [1.807, 2.05) is 0 Å². The van der Waals surface area contributed by atoms with Gasteiger partial charge in [0.15, 0.2) is 16.0 Å². The highest BCUT2D eigenvalue weighted by Crippen LogP contribution is 2.24. The molecule has 0 spiro atoms. The number of rotatable bonds is 6. The van der Waals surface area contributed by atoms with Crippen LogP contribution in [0.25, 0.3) is 0 Å². The van der Waals surface area contributed by atoms with Crippen LogP contribution in [0.2, 0.25) is 0 Å². The van der Waals surface area contributed by atoms with Crippen molar-refractivity contribution in [2.75, 3.05) is 24.7 Å². The number of carbonyl (C=O) groups excluding carboxylic acids is 3. The zero-order valence-electron chi connectivity index (χ0n) is 15.3. The second-order valence-electron chi connectivity index (χ2n) is 5.93. The number of anilines is 2. The first-order chi connectivity index (χ1) is 13.3. The van der Waals surface area contributed by atoms with E-state index in [9.17, 15) is 14.4 Å². The predicted octanol–water partition coefficient (Wildman–Crippen LogP) is 2.64. The molecule has 0 fully saturated rings. The molecule has 11 heteroatoms. The summed E-state index contributed by atoms with van der Waals surface area (Å²) in [6, 6.07) is 3.16. The molecule has 3 aromatic heterocycles. The van der Waals surface area contributed by atoms with Gasteiger partial charge in [0, 0.05) is 19.5 Å². The standard InChI is InChI=1S/C17H17N5O4S2/c1-9-13(15(25)22(2)3)28-17(18-9)20-12(23)7-10-8-27-16(19-10)21-14(24)11-5-4-6-26-11/h4-6,8H,7H2,1-3H3,(H,18,20,23)(H,19,21,24). The minimum Gasteiger partial charge on any atom is -0.459 e. The Morgan fingerprint density at radius 2 is 1.96 bits per heavy atom. The van der Waals surface area contributed by atoms with E-state index >= 15 is 0 Å². The van der Waals surface area contributed by atoms with Crippen LogP contribution in [0, 0.1) is 6.92 Å². The first-order valence-electron chi connectivity index (χ1n) is 8.11. The van der Waals surface area contributed by atoms with Gasteiger partial charge in [0.2, 0.25) is 5.91 Å². The summed E-state index contributed by atoms with van der Waals surface area (Å²) in [5.41, 5.74) is 1.07. The van der Waals surface area contributed by atoms with Crippen molar-refractivity contribution in [3.8, 4) is 0 Å². The van der Waals surface area contributed by atoms with Gasteiger partial charge in [0.05, 0.1) is 24.1 Å². The van der Waals surface area contributed by atoms with Crippen LogP contribution >= 0.6 is 22.7 Å². The van der Waals surface area contributed by atoms with E-state index in [1.54, 1.807) is 38.5 Å². The van der Waals surface area contributed by atoms with E-state index in [-0.39, 0.29) is 24.0 Å². The zero-order valence-corrected chi connectivity index (χ0v) is 16.9. The van der Waals surface area contributed by atoms with E-state index in [0.29, 0.717) is 26.5 Å². The predicted molar refractivity (Wildman–Crippen MR) is 106 cm³/mol. The molecule has 0 bridgehead atoms. The molecule has 3 amide bonds. The molecule has 0 unspecified atom stereocenters. The fourth-order valence-electron chi connectivity index (χ4n) is 2.19. The number of thiazole rings is 2. The van der Waals surface area contributed by atoms with Crippen LogP contribution in [0.15, 0.2) is 28.2 Å². The summed E-state index contributed by atoms with van der Waals surface area (Å²) in [7, 11) is 3.31. The molecule has 3 aromatic rings. The number of carbonyl (C=O) groups is 3. The lowest BCUT2D eigenvalue weighted by molar-refractivity contribution is -0.115. The van der Waals surface area contributed by atoms with Gasteiger partial charge in [0.1, 0.15) is 4.88 Å². The maximum atomic E-state index is 12.2. The molecule has 0 aliphatic carbocycles. The highest BCUT2D eigenvalue weighted by Gasteiger charge is 2.18. The Hall–Kier alpha value is -3.05. The zero-order chi connectivity index (χ0) is 20.3. The number of hydrogen-bond acceptors (Lipinski definition) is 8. The van der Waals surface area contributed by atoms with Crippen molar-refractivity contribution >= 4 is 50.7 Å². The van der Waals surface area contributed by atoms with Crippen molar-refractivity contribution in [1.82, 2.24) is 14.9 Å². The van der Waals surface area contributed by atoms with Gasteiger partial charge in [-0.15, -0.1) is 11.3 Å². The van der Waals surface area contributed by atoms with Gasteiger partial charge < -0.3 is 14.6 Å². The molecule has 3 rings (SSSR count). The summed E-state index contributed by atoms with van der Waals surface area (Å²) in [5, 5.41) is 7.70. The Balaban J connectivity index is 1.58. The van der Waals surface area contributed by atoms with Crippen LogP contribution in [0.1, 0.15) is 31.6 Å². The summed E-state index contributed by atoms with van der Waals surface area (Å²) in [6.45, 7) is 1.72. The fourth-order valence-corrected chi connectivity index (χ4v) is 3.90. The maximum Gasteiger partial charge on any atom is 0.293 e. The average Bonchev–Trinajstić information content (AvgIpc) is 3.36. The molecular formula is C17H17N5O4S2. The molecule has 0 radical (unpaired) electrons. The van der Waals surface area contributed by atoms with Crippen molar-refractivity contribution in [2.45, 2.75) is 13.3 Å². The third kappa shape index (κ3) is 4.61. The Labute approximate surface area is 168 Å². The van der Waals surface area contributed by atoms with Crippen LogP contribution in [0.5, 0.6) is 0 Å². The fraction of sp³-hybridized carbons (Fsp3) is 0.235. The lowest BCUT2D eigenvalue weighted by atomic mass is 10.3. The minimum atomic E-state index is -0.410. The van der Waals surface area contributed by atoms with Gasteiger partial charge in [-0.1, -0.05) is 11.3 Å². The highest BCUT2D eigenvalue weighted by atomic mass is 32.1. The first kappa shape index (κ1) is 19.7. The van der Waals surface area contributed by atoms with Crippen LogP contribution < -0.4 is 10.6 Å². The summed E-state index contributed by atoms with van der Waals surface area (Å²) in [5.74, 6) is -0.706. The number of aromatic nitrogens is 2. The van der Waals surface area contributed by atoms with Crippen LogP contribution in [0.4, 0.5) is 10.3 Å². The Kier molecular flexibility index (Phi) is 5.85. The summed E-state index contributed by atoms with van der Waals surface area (Å²) in [6.07, 6.45) is 1.42. The van der Waals surface area contributed by atoms with Gasteiger partial charge in [-0.05, 0) is 19.1 Å². The molecule has 9 nitrogen and oxygen atoms in total. The molecule has 0 aromatic carbocycles. The van der Waals surface area contributed by atoms with E-state index in [0.717, 1.165) is 11.3 Å². The molecule has 0 atom stereocenters. The Morgan fingerprint density at radius 3 is 2.64 bits per heavy atom.